The number of para-hydroxylation sites is 1. The minimum atomic E-state index is -0.185. The third-order valence-corrected chi connectivity index (χ3v) is 4.68. The summed E-state index contributed by atoms with van der Waals surface area (Å²) < 4.78 is 0. The van der Waals surface area contributed by atoms with Crippen LogP contribution in [0.2, 0.25) is 0 Å². The van der Waals surface area contributed by atoms with E-state index < -0.39 is 0 Å². The van der Waals surface area contributed by atoms with Crippen molar-refractivity contribution in [3.63, 3.8) is 0 Å². The second-order valence-electron chi connectivity index (χ2n) is 6.39. The van der Waals surface area contributed by atoms with Gasteiger partial charge in [0.2, 0.25) is 0 Å². The van der Waals surface area contributed by atoms with Crippen molar-refractivity contribution < 1.29 is 9.90 Å². The number of hydrogen-bond acceptors (Lipinski definition) is 3. The molecule has 1 aliphatic heterocycles. The standard InChI is InChI=1S/C17H25N3O2/c21-16-8-6-13(7-9-16)18-17(22)19-14-10-11-20(12-14)15-4-2-1-3-5-15/h1-5,13-14,16,21H,6-12H2,(H2,18,19,22)/t13?,14-,16?/m1/s1. The number of amides is 2. The van der Waals surface area contributed by atoms with Crippen molar-refractivity contribution in [1.29, 1.82) is 0 Å². The van der Waals surface area contributed by atoms with Crippen molar-refractivity contribution >= 4 is 11.7 Å². The molecule has 0 spiro atoms. The fourth-order valence-electron chi connectivity index (χ4n) is 3.38. The van der Waals surface area contributed by atoms with Gasteiger partial charge in [0.1, 0.15) is 0 Å². The van der Waals surface area contributed by atoms with Crippen LogP contribution in [0.1, 0.15) is 32.1 Å². The van der Waals surface area contributed by atoms with Gasteiger partial charge in [0.25, 0.3) is 0 Å². The zero-order valence-electron chi connectivity index (χ0n) is 12.9. The minimum absolute atomic E-state index is 0.0682. The van der Waals surface area contributed by atoms with Gasteiger partial charge in [-0.25, -0.2) is 4.79 Å². The second-order valence-corrected chi connectivity index (χ2v) is 6.39. The normalized spacial score (nSPS) is 28.4. The van der Waals surface area contributed by atoms with Crippen LogP contribution < -0.4 is 15.5 Å². The summed E-state index contributed by atoms with van der Waals surface area (Å²) in [4.78, 5) is 14.4. The highest BCUT2D eigenvalue weighted by atomic mass is 16.3. The zero-order chi connectivity index (χ0) is 15.4. The molecule has 3 rings (SSSR count). The number of urea groups is 1. The Labute approximate surface area is 131 Å². The number of aliphatic hydroxyl groups is 1. The maximum Gasteiger partial charge on any atom is 0.315 e. The fourth-order valence-corrected chi connectivity index (χ4v) is 3.38. The fraction of sp³-hybridized carbons (Fsp3) is 0.588. The van der Waals surface area contributed by atoms with Crippen LogP contribution in [0.5, 0.6) is 0 Å². The summed E-state index contributed by atoms with van der Waals surface area (Å²) in [6.45, 7) is 1.84. The van der Waals surface area contributed by atoms with E-state index in [4.69, 9.17) is 0 Å². The molecule has 2 aliphatic rings. The van der Waals surface area contributed by atoms with Crippen molar-refractivity contribution in [3.05, 3.63) is 30.3 Å². The van der Waals surface area contributed by atoms with E-state index in [1.165, 1.54) is 5.69 Å². The molecule has 2 amide bonds. The molecule has 120 valence electrons. The quantitative estimate of drug-likeness (QED) is 0.799. The Balaban J connectivity index is 1.43. The van der Waals surface area contributed by atoms with E-state index in [-0.39, 0.29) is 24.2 Å². The average Bonchev–Trinajstić information content (AvgIpc) is 2.99. The van der Waals surface area contributed by atoms with Crippen LogP contribution in [0.4, 0.5) is 10.5 Å². The van der Waals surface area contributed by atoms with Crippen molar-refractivity contribution in [2.75, 3.05) is 18.0 Å². The van der Waals surface area contributed by atoms with Gasteiger partial charge in [-0.3, -0.25) is 0 Å². The first-order valence-electron chi connectivity index (χ1n) is 8.26. The van der Waals surface area contributed by atoms with Gasteiger partial charge in [0.05, 0.1) is 6.10 Å². The van der Waals surface area contributed by atoms with Gasteiger partial charge in [0, 0.05) is 30.9 Å². The lowest BCUT2D eigenvalue weighted by Crippen LogP contribution is -2.48. The molecule has 0 aromatic heterocycles. The smallest absolute Gasteiger partial charge is 0.315 e. The number of nitrogens with zero attached hydrogens (tertiary/aromatic N) is 1. The van der Waals surface area contributed by atoms with E-state index in [0.29, 0.717) is 0 Å². The molecule has 0 unspecified atom stereocenters. The number of benzene rings is 1. The molecule has 5 nitrogen and oxygen atoms in total. The molecule has 1 aromatic carbocycles. The lowest BCUT2D eigenvalue weighted by molar-refractivity contribution is 0.117. The summed E-state index contributed by atoms with van der Waals surface area (Å²) in [6, 6.07) is 10.7. The van der Waals surface area contributed by atoms with Crippen LogP contribution in [-0.4, -0.2) is 42.4 Å². The van der Waals surface area contributed by atoms with Gasteiger partial charge in [-0.1, -0.05) is 18.2 Å². The summed E-state index contributed by atoms with van der Waals surface area (Å²) in [5.41, 5.74) is 1.22. The summed E-state index contributed by atoms with van der Waals surface area (Å²) in [5, 5.41) is 15.6. The number of aliphatic hydroxyl groups excluding tert-OH is 1. The molecule has 0 radical (unpaired) electrons. The van der Waals surface area contributed by atoms with Crippen molar-refractivity contribution in [2.45, 2.75) is 50.3 Å². The van der Waals surface area contributed by atoms with Crippen LogP contribution in [0.15, 0.2) is 30.3 Å². The van der Waals surface area contributed by atoms with Gasteiger partial charge in [-0.2, -0.15) is 0 Å². The largest absolute Gasteiger partial charge is 0.393 e. The summed E-state index contributed by atoms with van der Waals surface area (Å²) in [5.74, 6) is 0. The van der Waals surface area contributed by atoms with Crippen molar-refractivity contribution in [2.24, 2.45) is 0 Å². The summed E-state index contributed by atoms with van der Waals surface area (Å²) >= 11 is 0. The van der Waals surface area contributed by atoms with E-state index in [1.807, 2.05) is 18.2 Å². The Morgan fingerprint density at radius 1 is 1.00 bits per heavy atom. The first kappa shape index (κ1) is 15.2. The van der Waals surface area contributed by atoms with Gasteiger partial charge in [0.15, 0.2) is 0 Å². The van der Waals surface area contributed by atoms with Gasteiger partial charge in [-0.15, -0.1) is 0 Å². The molecule has 1 atom stereocenters. The lowest BCUT2D eigenvalue weighted by Gasteiger charge is -2.27. The Hall–Kier alpha value is -1.75. The number of carbonyl (C=O) groups is 1. The second kappa shape index (κ2) is 7.01. The van der Waals surface area contributed by atoms with Crippen molar-refractivity contribution in [1.82, 2.24) is 10.6 Å². The molecular formula is C17H25N3O2. The third-order valence-electron chi connectivity index (χ3n) is 4.68. The average molecular weight is 303 g/mol. The van der Waals surface area contributed by atoms with Crippen LogP contribution >= 0.6 is 0 Å². The molecule has 22 heavy (non-hydrogen) atoms. The molecular weight excluding hydrogens is 278 g/mol. The summed E-state index contributed by atoms with van der Waals surface area (Å²) in [6.07, 6.45) is 4.11. The highest BCUT2D eigenvalue weighted by molar-refractivity contribution is 5.74. The number of rotatable bonds is 3. The maximum atomic E-state index is 12.1. The predicted octanol–water partition coefficient (Wildman–Crippen LogP) is 1.87. The SMILES string of the molecule is O=C(NC1CCC(O)CC1)N[C@@H]1CCN(c2ccccc2)C1. The molecule has 1 aliphatic carbocycles. The molecule has 3 N–H and O–H groups in total. The van der Waals surface area contributed by atoms with E-state index >= 15 is 0 Å². The monoisotopic (exact) mass is 303 g/mol. The topological polar surface area (TPSA) is 64.6 Å². The molecule has 1 heterocycles. The number of nitrogens with one attached hydrogen (secondary N) is 2. The van der Waals surface area contributed by atoms with Gasteiger partial charge >= 0.3 is 6.03 Å². The van der Waals surface area contributed by atoms with E-state index in [9.17, 15) is 9.90 Å². The van der Waals surface area contributed by atoms with Gasteiger partial charge in [-0.05, 0) is 44.2 Å². The predicted molar refractivity (Wildman–Crippen MR) is 87.0 cm³/mol. The van der Waals surface area contributed by atoms with E-state index in [1.54, 1.807) is 0 Å². The molecule has 1 aromatic rings. The first-order valence-corrected chi connectivity index (χ1v) is 8.26. The van der Waals surface area contributed by atoms with E-state index in [2.05, 4.69) is 27.7 Å². The van der Waals surface area contributed by atoms with Crippen molar-refractivity contribution in [3.8, 4) is 0 Å². The van der Waals surface area contributed by atoms with Crippen LogP contribution in [0, 0.1) is 0 Å². The Morgan fingerprint density at radius 2 is 1.68 bits per heavy atom. The van der Waals surface area contributed by atoms with Crippen LogP contribution in [0.25, 0.3) is 0 Å². The molecule has 1 saturated carbocycles. The molecule has 5 heteroatoms. The number of hydrogen-bond donors (Lipinski definition) is 3. The first-order chi connectivity index (χ1) is 10.7. The number of anilines is 1. The van der Waals surface area contributed by atoms with Crippen LogP contribution in [-0.2, 0) is 0 Å². The third kappa shape index (κ3) is 3.91. The highest BCUT2D eigenvalue weighted by Crippen LogP contribution is 2.20. The van der Waals surface area contributed by atoms with E-state index in [0.717, 1.165) is 45.2 Å². The summed E-state index contributed by atoms with van der Waals surface area (Å²) in [7, 11) is 0. The Kier molecular flexibility index (Phi) is 4.83. The highest BCUT2D eigenvalue weighted by Gasteiger charge is 2.26. The van der Waals surface area contributed by atoms with Crippen LogP contribution in [0.3, 0.4) is 0 Å². The molecule has 0 bridgehead atoms. The maximum absolute atomic E-state index is 12.1. The molecule has 2 fully saturated rings. The Bertz CT molecular complexity index is 486. The minimum Gasteiger partial charge on any atom is -0.393 e. The zero-order valence-corrected chi connectivity index (χ0v) is 12.9. The Morgan fingerprint density at radius 3 is 2.41 bits per heavy atom. The van der Waals surface area contributed by atoms with Gasteiger partial charge < -0.3 is 20.6 Å². The lowest BCUT2D eigenvalue weighted by atomic mass is 9.93. The number of carbonyl (C=O) groups excluding carboxylic acids is 1. The molecule has 1 saturated heterocycles.